The second-order valence-electron chi connectivity index (χ2n) is 4.82. The van der Waals surface area contributed by atoms with Crippen LogP contribution in [0.2, 0.25) is 0 Å². The summed E-state index contributed by atoms with van der Waals surface area (Å²) >= 11 is 3.67. The molecule has 2 aliphatic rings. The van der Waals surface area contributed by atoms with Crippen LogP contribution < -0.4 is 9.47 Å². The Labute approximate surface area is 104 Å². The molecule has 0 saturated heterocycles. The first-order valence-corrected chi connectivity index (χ1v) is 6.54. The van der Waals surface area contributed by atoms with Crippen LogP contribution in [-0.2, 0) is 12.8 Å². The molecular weight excluding hydrogens is 268 g/mol. The van der Waals surface area contributed by atoms with Crippen molar-refractivity contribution in [3.8, 4) is 11.5 Å². The first kappa shape index (κ1) is 10.5. The molecule has 0 spiro atoms. The quantitative estimate of drug-likeness (QED) is 0.726. The van der Waals surface area contributed by atoms with Crippen LogP contribution in [0.5, 0.6) is 11.5 Å². The van der Waals surface area contributed by atoms with E-state index in [-0.39, 0.29) is 12.2 Å². The summed E-state index contributed by atoms with van der Waals surface area (Å²) in [5.41, 5.74) is 3.85. The van der Waals surface area contributed by atoms with Crippen LogP contribution in [0.4, 0.5) is 0 Å². The zero-order valence-corrected chi connectivity index (χ0v) is 11.3. The van der Waals surface area contributed by atoms with E-state index in [4.69, 9.17) is 9.47 Å². The highest BCUT2D eigenvalue weighted by atomic mass is 79.9. The molecule has 0 aliphatic carbocycles. The van der Waals surface area contributed by atoms with Crippen molar-refractivity contribution in [3.05, 3.63) is 21.2 Å². The largest absolute Gasteiger partial charge is 0.490 e. The number of ether oxygens (including phenoxy) is 2. The summed E-state index contributed by atoms with van der Waals surface area (Å²) in [5, 5.41) is 0. The van der Waals surface area contributed by atoms with E-state index < -0.39 is 0 Å². The van der Waals surface area contributed by atoms with Crippen molar-refractivity contribution in [1.82, 2.24) is 0 Å². The SMILES string of the molecule is Cc1c2c(c(Br)c3c1OC(C)C3)OC(C)C2. The molecule has 16 heavy (non-hydrogen) atoms. The highest BCUT2D eigenvalue weighted by Crippen LogP contribution is 2.48. The fraction of sp³-hybridized carbons (Fsp3) is 0.538. The van der Waals surface area contributed by atoms with Crippen LogP contribution in [0.25, 0.3) is 0 Å². The molecule has 0 amide bonds. The lowest BCUT2D eigenvalue weighted by atomic mass is 9.99. The van der Waals surface area contributed by atoms with Gasteiger partial charge in [0.25, 0.3) is 0 Å². The second kappa shape index (κ2) is 3.39. The smallest absolute Gasteiger partial charge is 0.138 e. The van der Waals surface area contributed by atoms with Gasteiger partial charge in [0, 0.05) is 24.0 Å². The summed E-state index contributed by atoms with van der Waals surface area (Å²) in [4.78, 5) is 0. The molecule has 2 nitrogen and oxygen atoms in total. The highest BCUT2D eigenvalue weighted by molar-refractivity contribution is 9.10. The summed E-state index contributed by atoms with van der Waals surface area (Å²) in [7, 11) is 0. The topological polar surface area (TPSA) is 18.5 Å². The van der Waals surface area contributed by atoms with Crippen LogP contribution in [0.3, 0.4) is 0 Å². The van der Waals surface area contributed by atoms with Gasteiger partial charge in [-0.3, -0.25) is 0 Å². The Bertz CT molecular complexity index is 387. The minimum atomic E-state index is 0.282. The van der Waals surface area contributed by atoms with E-state index in [0.717, 1.165) is 28.8 Å². The van der Waals surface area contributed by atoms with Gasteiger partial charge in [-0.15, -0.1) is 0 Å². The minimum Gasteiger partial charge on any atom is -0.490 e. The summed E-state index contributed by atoms with van der Waals surface area (Å²) in [6, 6.07) is 0. The zero-order valence-electron chi connectivity index (χ0n) is 9.76. The van der Waals surface area contributed by atoms with Crippen molar-refractivity contribution in [3.63, 3.8) is 0 Å². The lowest BCUT2D eigenvalue weighted by Crippen LogP contribution is -2.07. The van der Waals surface area contributed by atoms with Crippen molar-refractivity contribution in [2.45, 2.75) is 45.8 Å². The number of rotatable bonds is 0. The zero-order chi connectivity index (χ0) is 11.4. The van der Waals surface area contributed by atoms with E-state index in [1.54, 1.807) is 0 Å². The van der Waals surface area contributed by atoms with Gasteiger partial charge in [0.15, 0.2) is 0 Å². The number of benzene rings is 1. The highest BCUT2D eigenvalue weighted by Gasteiger charge is 2.33. The Balaban J connectivity index is 2.22. The molecule has 1 aromatic rings. The van der Waals surface area contributed by atoms with E-state index in [1.807, 2.05) is 0 Å². The van der Waals surface area contributed by atoms with E-state index >= 15 is 0 Å². The first-order valence-electron chi connectivity index (χ1n) is 5.75. The van der Waals surface area contributed by atoms with Crippen LogP contribution >= 0.6 is 15.9 Å². The summed E-state index contributed by atoms with van der Waals surface area (Å²) in [6.07, 6.45) is 2.53. The molecular formula is C13H15BrO2. The summed E-state index contributed by atoms with van der Waals surface area (Å²) in [5.74, 6) is 2.12. The average Bonchev–Trinajstić information content (AvgIpc) is 2.78. The number of hydrogen-bond donors (Lipinski definition) is 0. The van der Waals surface area contributed by atoms with E-state index in [9.17, 15) is 0 Å². The van der Waals surface area contributed by atoms with Crippen LogP contribution in [0.1, 0.15) is 30.5 Å². The monoisotopic (exact) mass is 282 g/mol. The first-order chi connectivity index (χ1) is 7.58. The lowest BCUT2D eigenvalue weighted by Gasteiger charge is -2.11. The molecule has 1 aromatic carbocycles. The molecule has 2 unspecified atom stereocenters. The standard InChI is InChI=1S/C13H15BrO2/c1-6-4-9-8(3)12-10(5-7(2)15-12)11(14)13(9)16-6/h6-7H,4-5H2,1-3H3. The molecule has 3 heteroatoms. The number of halogens is 1. The van der Waals surface area contributed by atoms with Gasteiger partial charge in [-0.2, -0.15) is 0 Å². The van der Waals surface area contributed by atoms with E-state index in [2.05, 4.69) is 36.7 Å². The summed E-state index contributed by atoms with van der Waals surface area (Å²) in [6.45, 7) is 6.37. The van der Waals surface area contributed by atoms with Gasteiger partial charge in [-0.05, 0) is 42.3 Å². The second-order valence-corrected chi connectivity index (χ2v) is 5.61. The van der Waals surface area contributed by atoms with Crippen LogP contribution in [0, 0.1) is 6.92 Å². The third-order valence-electron chi connectivity index (χ3n) is 3.43. The van der Waals surface area contributed by atoms with Crippen molar-refractivity contribution in [2.75, 3.05) is 0 Å². The van der Waals surface area contributed by atoms with Crippen molar-refractivity contribution < 1.29 is 9.47 Å². The minimum absolute atomic E-state index is 0.282. The van der Waals surface area contributed by atoms with Gasteiger partial charge in [0.05, 0.1) is 4.47 Å². The summed E-state index contributed by atoms with van der Waals surface area (Å²) < 4.78 is 12.9. The molecule has 0 radical (unpaired) electrons. The number of hydrogen-bond acceptors (Lipinski definition) is 2. The third-order valence-corrected chi connectivity index (χ3v) is 4.27. The molecule has 86 valence electrons. The average molecular weight is 283 g/mol. The lowest BCUT2D eigenvalue weighted by molar-refractivity contribution is 0.252. The molecule has 0 saturated carbocycles. The van der Waals surface area contributed by atoms with Gasteiger partial charge >= 0.3 is 0 Å². The fourth-order valence-electron chi connectivity index (χ4n) is 2.67. The van der Waals surface area contributed by atoms with Crippen LogP contribution in [-0.4, -0.2) is 12.2 Å². The van der Waals surface area contributed by atoms with Crippen molar-refractivity contribution in [2.24, 2.45) is 0 Å². The molecule has 3 rings (SSSR count). The normalized spacial score (nSPS) is 26.0. The van der Waals surface area contributed by atoms with Gasteiger partial charge in [0.2, 0.25) is 0 Å². The van der Waals surface area contributed by atoms with Crippen LogP contribution in [0.15, 0.2) is 4.47 Å². The Kier molecular flexibility index (Phi) is 2.22. The van der Waals surface area contributed by atoms with Crippen molar-refractivity contribution in [1.29, 1.82) is 0 Å². The Hall–Kier alpha value is -0.700. The molecule has 2 heterocycles. The van der Waals surface area contributed by atoms with E-state index in [0.29, 0.717) is 0 Å². The third kappa shape index (κ3) is 1.30. The molecule has 2 aliphatic heterocycles. The van der Waals surface area contributed by atoms with Gasteiger partial charge in [-0.1, -0.05) is 0 Å². The maximum Gasteiger partial charge on any atom is 0.138 e. The van der Waals surface area contributed by atoms with Gasteiger partial charge in [-0.25, -0.2) is 0 Å². The van der Waals surface area contributed by atoms with Crippen molar-refractivity contribution >= 4 is 15.9 Å². The molecule has 0 aromatic heterocycles. The predicted molar refractivity (Wildman–Crippen MR) is 66.5 cm³/mol. The van der Waals surface area contributed by atoms with Gasteiger partial charge in [0.1, 0.15) is 23.7 Å². The fourth-order valence-corrected chi connectivity index (χ4v) is 3.35. The molecule has 0 N–H and O–H groups in total. The van der Waals surface area contributed by atoms with E-state index in [1.165, 1.54) is 16.7 Å². The number of fused-ring (bicyclic) bond motifs is 2. The van der Waals surface area contributed by atoms with Gasteiger partial charge < -0.3 is 9.47 Å². The molecule has 0 fully saturated rings. The molecule has 2 atom stereocenters. The Morgan fingerprint density at radius 1 is 1.00 bits per heavy atom. The maximum absolute atomic E-state index is 5.89. The molecule has 0 bridgehead atoms. The maximum atomic E-state index is 5.89. The Morgan fingerprint density at radius 2 is 1.56 bits per heavy atom. The Morgan fingerprint density at radius 3 is 2.25 bits per heavy atom. The predicted octanol–water partition coefficient (Wildman–Crippen LogP) is 3.40.